The zero-order valence-electron chi connectivity index (χ0n) is 18.5. The van der Waals surface area contributed by atoms with Gasteiger partial charge < -0.3 is 4.90 Å². The summed E-state index contributed by atoms with van der Waals surface area (Å²) in [7, 11) is 0. The van der Waals surface area contributed by atoms with Gasteiger partial charge in [0.1, 0.15) is 0 Å². The second kappa shape index (κ2) is 9.29. The summed E-state index contributed by atoms with van der Waals surface area (Å²) in [6.07, 6.45) is 14.3. The maximum atomic E-state index is 13.1. The Bertz CT molecular complexity index is 493. The van der Waals surface area contributed by atoms with Crippen molar-refractivity contribution in [1.82, 2.24) is 9.80 Å². The average molecular weight is 377 g/mol. The third-order valence-electron chi connectivity index (χ3n) is 7.88. The number of rotatable bonds is 10. The minimum Gasteiger partial charge on any atom is -0.339 e. The van der Waals surface area contributed by atoms with Gasteiger partial charge in [0.2, 0.25) is 5.91 Å². The van der Waals surface area contributed by atoms with Crippen LogP contribution >= 0.6 is 0 Å². The molecule has 2 bridgehead atoms. The highest BCUT2D eigenvalue weighted by Crippen LogP contribution is 2.53. The van der Waals surface area contributed by atoms with E-state index in [1.54, 1.807) is 0 Å². The molecule has 1 aliphatic carbocycles. The summed E-state index contributed by atoms with van der Waals surface area (Å²) in [6.45, 7) is 12.8. The van der Waals surface area contributed by atoms with Gasteiger partial charge in [0, 0.05) is 36.5 Å². The Morgan fingerprint density at radius 1 is 1.00 bits per heavy atom. The molecule has 3 heteroatoms. The monoisotopic (exact) mass is 376 g/mol. The van der Waals surface area contributed by atoms with Crippen molar-refractivity contribution in [2.75, 3.05) is 19.6 Å². The highest BCUT2D eigenvalue weighted by molar-refractivity contribution is 5.80. The molecule has 3 saturated heterocycles. The SMILES string of the molecule is CCCCCCN1C[C@@]2(C)CC[C@@H]1[C@H]1C[C@H](C)C(=O)N(CCCCCC)[C@H]12. The van der Waals surface area contributed by atoms with Crippen LogP contribution in [0.25, 0.3) is 0 Å². The van der Waals surface area contributed by atoms with Gasteiger partial charge >= 0.3 is 0 Å². The largest absolute Gasteiger partial charge is 0.339 e. The summed E-state index contributed by atoms with van der Waals surface area (Å²) >= 11 is 0. The summed E-state index contributed by atoms with van der Waals surface area (Å²) in [4.78, 5) is 18.3. The van der Waals surface area contributed by atoms with Crippen molar-refractivity contribution in [1.29, 1.82) is 0 Å². The summed E-state index contributed by atoms with van der Waals surface area (Å²) in [5.74, 6) is 1.39. The van der Waals surface area contributed by atoms with Gasteiger partial charge in [-0.05, 0) is 44.6 Å². The maximum absolute atomic E-state index is 13.1. The number of hydrogen-bond acceptors (Lipinski definition) is 2. The van der Waals surface area contributed by atoms with E-state index in [2.05, 4.69) is 37.5 Å². The summed E-state index contributed by atoms with van der Waals surface area (Å²) < 4.78 is 0. The minimum atomic E-state index is 0.224. The van der Waals surface area contributed by atoms with Crippen LogP contribution in [0.2, 0.25) is 0 Å². The molecule has 5 atom stereocenters. The molecule has 156 valence electrons. The van der Waals surface area contributed by atoms with E-state index in [9.17, 15) is 4.79 Å². The number of unbranched alkanes of at least 4 members (excludes halogenated alkanes) is 6. The van der Waals surface area contributed by atoms with Crippen molar-refractivity contribution in [3.63, 3.8) is 0 Å². The molecule has 1 amide bonds. The average Bonchev–Trinajstić information content (AvgIpc) is 2.65. The number of carbonyl (C=O) groups is 1. The smallest absolute Gasteiger partial charge is 0.225 e. The molecule has 0 aromatic rings. The number of carbonyl (C=O) groups excluding carboxylic acids is 1. The van der Waals surface area contributed by atoms with Gasteiger partial charge in [-0.2, -0.15) is 0 Å². The fourth-order valence-electron chi connectivity index (χ4n) is 6.54. The summed E-state index contributed by atoms with van der Waals surface area (Å²) in [5.41, 5.74) is 0.310. The Morgan fingerprint density at radius 2 is 1.67 bits per heavy atom. The Labute approximate surface area is 168 Å². The van der Waals surface area contributed by atoms with Crippen LogP contribution < -0.4 is 0 Å². The molecule has 1 saturated carbocycles. The molecule has 27 heavy (non-hydrogen) atoms. The van der Waals surface area contributed by atoms with Crippen molar-refractivity contribution in [3.8, 4) is 0 Å². The van der Waals surface area contributed by atoms with E-state index in [1.807, 2.05) is 0 Å². The lowest BCUT2D eigenvalue weighted by molar-refractivity contribution is -0.174. The summed E-state index contributed by atoms with van der Waals surface area (Å²) in [6, 6.07) is 1.24. The standard InChI is InChI=1S/C24H44N2O/c1-5-7-9-11-15-25-18-24(4)14-13-21(25)20-17-19(3)23(27)26(22(20)24)16-12-10-8-6-2/h19-22H,5-18H2,1-4H3/t19-,20+,21+,22+,24+/m0/s1. The van der Waals surface area contributed by atoms with Crippen LogP contribution in [-0.2, 0) is 4.79 Å². The van der Waals surface area contributed by atoms with Gasteiger partial charge in [0.25, 0.3) is 0 Å². The van der Waals surface area contributed by atoms with Crippen molar-refractivity contribution in [2.45, 2.75) is 110 Å². The first-order valence-electron chi connectivity index (χ1n) is 12.1. The predicted molar refractivity (Wildman–Crippen MR) is 114 cm³/mol. The molecule has 3 nitrogen and oxygen atoms in total. The van der Waals surface area contributed by atoms with Gasteiger partial charge in [-0.1, -0.05) is 66.2 Å². The van der Waals surface area contributed by atoms with Crippen LogP contribution in [-0.4, -0.2) is 47.4 Å². The lowest BCUT2D eigenvalue weighted by Crippen LogP contribution is -2.72. The van der Waals surface area contributed by atoms with E-state index in [-0.39, 0.29) is 5.92 Å². The van der Waals surface area contributed by atoms with Crippen LogP contribution in [0.15, 0.2) is 0 Å². The maximum Gasteiger partial charge on any atom is 0.225 e. The predicted octanol–water partition coefficient (Wildman–Crippen LogP) is 5.48. The lowest BCUT2D eigenvalue weighted by Gasteiger charge is -2.64. The van der Waals surface area contributed by atoms with Crippen molar-refractivity contribution >= 4 is 5.91 Å². The van der Waals surface area contributed by atoms with E-state index >= 15 is 0 Å². The van der Waals surface area contributed by atoms with Gasteiger partial charge in [-0.3, -0.25) is 9.69 Å². The molecular formula is C24H44N2O. The molecule has 0 unspecified atom stereocenters. The molecule has 0 spiro atoms. The van der Waals surface area contributed by atoms with E-state index < -0.39 is 0 Å². The first kappa shape index (κ1) is 21.1. The zero-order valence-corrected chi connectivity index (χ0v) is 18.5. The third-order valence-corrected chi connectivity index (χ3v) is 7.88. The van der Waals surface area contributed by atoms with Crippen molar-refractivity contribution in [2.24, 2.45) is 17.3 Å². The van der Waals surface area contributed by atoms with Crippen molar-refractivity contribution < 1.29 is 4.79 Å². The van der Waals surface area contributed by atoms with E-state index in [0.717, 1.165) is 19.0 Å². The molecule has 0 aromatic carbocycles. The lowest BCUT2D eigenvalue weighted by atomic mass is 9.56. The first-order valence-corrected chi connectivity index (χ1v) is 12.1. The molecule has 4 rings (SSSR count). The second-order valence-corrected chi connectivity index (χ2v) is 10.1. The molecule has 3 aliphatic heterocycles. The van der Waals surface area contributed by atoms with E-state index in [0.29, 0.717) is 23.3 Å². The number of nitrogens with zero attached hydrogens (tertiary/aromatic N) is 2. The van der Waals surface area contributed by atoms with Crippen LogP contribution in [0.1, 0.15) is 98.3 Å². The zero-order chi connectivity index (χ0) is 19.4. The van der Waals surface area contributed by atoms with Crippen molar-refractivity contribution in [3.05, 3.63) is 0 Å². The quantitative estimate of drug-likeness (QED) is 0.471. The second-order valence-electron chi connectivity index (χ2n) is 10.1. The molecule has 3 heterocycles. The highest BCUT2D eigenvalue weighted by atomic mass is 16.2. The van der Waals surface area contributed by atoms with Crippen LogP contribution in [0, 0.1) is 17.3 Å². The molecule has 0 N–H and O–H groups in total. The highest BCUT2D eigenvalue weighted by Gasteiger charge is 2.58. The summed E-state index contributed by atoms with van der Waals surface area (Å²) in [5, 5.41) is 0. The Balaban J connectivity index is 1.70. The fourth-order valence-corrected chi connectivity index (χ4v) is 6.54. The van der Waals surface area contributed by atoms with Gasteiger partial charge in [0.05, 0.1) is 0 Å². The van der Waals surface area contributed by atoms with Gasteiger partial charge in [0.15, 0.2) is 0 Å². The van der Waals surface area contributed by atoms with E-state index in [4.69, 9.17) is 0 Å². The molecular weight excluding hydrogens is 332 g/mol. The number of fused-ring (bicyclic) bond motifs is 2. The van der Waals surface area contributed by atoms with Gasteiger partial charge in [-0.15, -0.1) is 0 Å². The Hall–Kier alpha value is -0.570. The number of amides is 1. The third kappa shape index (κ3) is 4.38. The van der Waals surface area contributed by atoms with Gasteiger partial charge in [-0.25, -0.2) is 0 Å². The molecule has 4 fully saturated rings. The normalized spacial score (nSPS) is 36.3. The molecule has 0 radical (unpaired) electrons. The van der Waals surface area contributed by atoms with Crippen LogP contribution in [0.3, 0.4) is 0 Å². The van der Waals surface area contributed by atoms with Crippen LogP contribution in [0.5, 0.6) is 0 Å². The number of hydrogen-bond donors (Lipinski definition) is 0. The number of piperidine rings is 3. The molecule has 4 aliphatic rings. The first-order chi connectivity index (χ1) is 13.0. The minimum absolute atomic E-state index is 0.224. The molecule has 0 aromatic heterocycles. The van der Waals surface area contributed by atoms with Crippen LogP contribution in [0.4, 0.5) is 0 Å². The Morgan fingerprint density at radius 3 is 2.33 bits per heavy atom. The topological polar surface area (TPSA) is 23.6 Å². The van der Waals surface area contributed by atoms with E-state index in [1.165, 1.54) is 77.3 Å². The Kier molecular flexibility index (Phi) is 7.27. The fraction of sp³-hybridized carbons (Fsp3) is 0.958. The number of likely N-dealkylation sites (tertiary alicyclic amines) is 1.